The molecule has 0 unspecified atom stereocenters. The number of rotatable bonds is 6. The van der Waals surface area contributed by atoms with Gasteiger partial charge in [-0.1, -0.05) is 36.4 Å². The van der Waals surface area contributed by atoms with Crippen molar-refractivity contribution in [3.63, 3.8) is 0 Å². The van der Waals surface area contributed by atoms with E-state index in [1.54, 1.807) is 4.90 Å². The molecule has 5 rings (SSSR count). The van der Waals surface area contributed by atoms with Gasteiger partial charge in [0.1, 0.15) is 17.6 Å². The summed E-state index contributed by atoms with van der Waals surface area (Å²) in [6.45, 7) is 2.69. The lowest BCUT2D eigenvalue weighted by molar-refractivity contribution is -0.274. The molecule has 0 saturated carbocycles. The van der Waals surface area contributed by atoms with Gasteiger partial charge in [0.25, 0.3) is 0 Å². The molecule has 2 amide bonds. The number of nitrogens with zero attached hydrogens (tertiary/aromatic N) is 2. The minimum absolute atomic E-state index is 0.103. The molecule has 2 aliphatic heterocycles. The fourth-order valence-corrected chi connectivity index (χ4v) is 4.91. The van der Waals surface area contributed by atoms with Gasteiger partial charge in [-0.05, 0) is 47.5 Å². The zero-order chi connectivity index (χ0) is 26.9. The van der Waals surface area contributed by atoms with E-state index in [4.69, 9.17) is 4.74 Å². The first-order valence-electron chi connectivity index (χ1n) is 12.2. The van der Waals surface area contributed by atoms with Gasteiger partial charge < -0.3 is 19.7 Å². The number of hydrogen-bond acceptors (Lipinski definition) is 5. The molecule has 38 heavy (non-hydrogen) atoms. The Kier molecular flexibility index (Phi) is 6.98. The van der Waals surface area contributed by atoms with E-state index in [0.29, 0.717) is 42.2 Å². The number of carbonyl (C=O) groups excluding carboxylic acids is 2. The van der Waals surface area contributed by atoms with Gasteiger partial charge in [0.2, 0.25) is 11.8 Å². The van der Waals surface area contributed by atoms with Crippen LogP contribution in [0.15, 0.2) is 72.8 Å². The Morgan fingerprint density at radius 2 is 1.66 bits per heavy atom. The fourth-order valence-electron chi connectivity index (χ4n) is 4.91. The highest BCUT2D eigenvalue weighted by Gasteiger charge is 2.42. The van der Waals surface area contributed by atoms with Crippen LogP contribution in [0.1, 0.15) is 24.5 Å². The first kappa shape index (κ1) is 25.6. The Morgan fingerprint density at radius 1 is 1.00 bits per heavy atom. The molecule has 198 valence electrons. The third-order valence-corrected chi connectivity index (χ3v) is 6.52. The monoisotopic (exact) mass is 525 g/mol. The lowest BCUT2D eigenvalue weighted by Gasteiger charge is -2.32. The molecule has 2 atom stereocenters. The number of amides is 2. The number of hydrogen-bond donors (Lipinski definition) is 1. The van der Waals surface area contributed by atoms with Crippen LogP contribution in [0.25, 0.3) is 0 Å². The van der Waals surface area contributed by atoms with Gasteiger partial charge in [0.15, 0.2) is 0 Å². The van der Waals surface area contributed by atoms with Crippen LogP contribution in [-0.2, 0) is 22.7 Å². The molecular weight excluding hydrogens is 499 g/mol. The van der Waals surface area contributed by atoms with E-state index in [1.165, 1.54) is 31.2 Å². The van der Waals surface area contributed by atoms with Gasteiger partial charge in [-0.2, -0.15) is 0 Å². The number of benzene rings is 3. The van der Waals surface area contributed by atoms with Crippen molar-refractivity contribution in [3.8, 4) is 11.5 Å². The Hall–Kier alpha value is -4.05. The van der Waals surface area contributed by atoms with Crippen LogP contribution in [0.2, 0.25) is 0 Å². The molecule has 0 aromatic heterocycles. The van der Waals surface area contributed by atoms with Crippen molar-refractivity contribution in [2.24, 2.45) is 0 Å². The highest BCUT2D eigenvalue weighted by molar-refractivity contribution is 5.99. The van der Waals surface area contributed by atoms with Gasteiger partial charge in [-0.3, -0.25) is 14.5 Å². The maximum Gasteiger partial charge on any atom is 0.573 e. The Morgan fingerprint density at radius 3 is 2.34 bits per heavy atom. The summed E-state index contributed by atoms with van der Waals surface area (Å²) in [4.78, 5) is 29.0. The van der Waals surface area contributed by atoms with Crippen molar-refractivity contribution in [3.05, 3.63) is 83.9 Å². The first-order valence-corrected chi connectivity index (χ1v) is 12.2. The van der Waals surface area contributed by atoms with Crippen LogP contribution >= 0.6 is 0 Å². The molecule has 3 aromatic rings. The minimum atomic E-state index is -4.77. The molecule has 3 aromatic carbocycles. The topological polar surface area (TPSA) is 71.1 Å². The second kappa shape index (κ2) is 10.4. The number of anilines is 2. The molecule has 2 bridgehead atoms. The SMILES string of the molecule is CC(=O)Nc1ccc(CN2C[C@@H]3C[C@H]2C(=O)N(Cc2ccc(OC(F)(F)F)cc2)c2ccccc2O3)cc1. The van der Waals surface area contributed by atoms with E-state index < -0.39 is 12.4 Å². The van der Waals surface area contributed by atoms with E-state index >= 15 is 0 Å². The number of carbonyl (C=O) groups is 2. The number of halogens is 3. The van der Waals surface area contributed by atoms with Crippen LogP contribution < -0.4 is 19.7 Å². The normalized spacial score (nSPS) is 19.3. The maximum atomic E-state index is 14.0. The van der Waals surface area contributed by atoms with Gasteiger partial charge in [-0.15, -0.1) is 13.2 Å². The van der Waals surface area contributed by atoms with Crippen molar-refractivity contribution in [2.75, 3.05) is 16.8 Å². The molecule has 1 fully saturated rings. The summed E-state index contributed by atoms with van der Waals surface area (Å²) in [5.41, 5.74) is 2.95. The number of ether oxygens (including phenoxy) is 2. The lowest BCUT2D eigenvalue weighted by atomic mass is 10.1. The van der Waals surface area contributed by atoms with E-state index in [9.17, 15) is 22.8 Å². The van der Waals surface area contributed by atoms with E-state index in [-0.39, 0.29) is 30.2 Å². The average Bonchev–Trinajstić information content (AvgIpc) is 3.26. The molecule has 1 saturated heterocycles. The number of nitrogens with one attached hydrogen (secondary N) is 1. The second-order valence-electron chi connectivity index (χ2n) is 9.38. The van der Waals surface area contributed by atoms with Crippen molar-refractivity contribution in [2.45, 2.75) is 44.9 Å². The van der Waals surface area contributed by atoms with Crippen LogP contribution in [-0.4, -0.2) is 41.8 Å². The summed E-state index contributed by atoms with van der Waals surface area (Å²) >= 11 is 0. The summed E-state index contributed by atoms with van der Waals surface area (Å²) in [6.07, 6.45) is -4.42. The molecular formula is C28H26F3N3O4. The van der Waals surface area contributed by atoms with Crippen LogP contribution in [0.5, 0.6) is 11.5 Å². The third-order valence-electron chi connectivity index (χ3n) is 6.52. The van der Waals surface area contributed by atoms with Crippen molar-refractivity contribution >= 4 is 23.2 Å². The fraction of sp³-hybridized carbons (Fsp3) is 0.286. The summed E-state index contributed by atoms with van der Waals surface area (Å²) in [5.74, 6) is 0.0124. The van der Waals surface area contributed by atoms with Gasteiger partial charge in [0.05, 0.1) is 18.3 Å². The summed E-state index contributed by atoms with van der Waals surface area (Å²) in [5, 5.41) is 2.74. The lowest BCUT2D eigenvalue weighted by Crippen LogP contribution is -2.45. The Labute approximate surface area is 217 Å². The molecule has 2 heterocycles. The molecule has 10 heteroatoms. The standard InChI is InChI=1S/C28H26F3N3O4/c1-18(35)32-21-10-6-19(7-11-21)15-33-17-23-14-25(33)27(36)34(24-4-2-3-5-26(24)37-23)16-20-8-12-22(13-9-20)38-28(29,30)31/h2-13,23,25H,14-17H2,1H3,(H,32,35)/t23-,25-/m0/s1. The van der Waals surface area contributed by atoms with E-state index in [1.807, 2.05) is 48.5 Å². The Balaban J connectivity index is 1.38. The first-order chi connectivity index (χ1) is 18.1. The second-order valence-corrected chi connectivity index (χ2v) is 9.38. The molecule has 1 N–H and O–H groups in total. The van der Waals surface area contributed by atoms with Crippen LogP contribution in [0.4, 0.5) is 24.5 Å². The van der Waals surface area contributed by atoms with Crippen molar-refractivity contribution < 1.29 is 32.2 Å². The van der Waals surface area contributed by atoms with Gasteiger partial charge in [0, 0.05) is 32.1 Å². The van der Waals surface area contributed by atoms with Crippen LogP contribution in [0.3, 0.4) is 0 Å². The summed E-state index contributed by atoms with van der Waals surface area (Å²) in [6, 6.07) is 19.8. The zero-order valence-electron chi connectivity index (χ0n) is 20.6. The van der Waals surface area contributed by atoms with Gasteiger partial charge in [-0.25, -0.2) is 0 Å². The predicted octanol–water partition coefficient (Wildman–Crippen LogP) is 5.11. The number of alkyl halides is 3. The number of likely N-dealkylation sites (tertiary alicyclic amines) is 1. The zero-order valence-corrected chi connectivity index (χ0v) is 20.6. The summed E-state index contributed by atoms with van der Waals surface area (Å²) in [7, 11) is 0. The maximum absolute atomic E-state index is 14.0. The predicted molar refractivity (Wildman–Crippen MR) is 135 cm³/mol. The highest BCUT2D eigenvalue weighted by atomic mass is 19.4. The third kappa shape index (κ3) is 5.91. The number of fused-ring (bicyclic) bond motifs is 3. The molecule has 0 aliphatic carbocycles. The molecule has 7 nitrogen and oxygen atoms in total. The molecule has 0 radical (unpaired) electrons. The van der Waals surface area contributed by atoms with Crippen molar-refractivity contribution in [1.29, 1.82) is 0 Å². The van der Waals surface area contributed by atoms with Crippen LogP contribution in [0, 0.1) is 0 Å². The van der Waals surface area contributed by atoms with E-state index in [2.05, 4.69) is 15.0 Å². The molecule has 2 aliphatic rings. The van der Waals surface area contributed by atoms with Gasteiger partial charge >= 0.3 is 6.36 Å². The average molecular weight is 526 g/mol. The van der Waals surface area contributed by atoms with Crippen molar-refractivity contribution in [1.82, 2.24) is 4.90 Å². The quantitative estimate of drug-likeness (QED) is 0.484. The number of para-hydroxylation sites is 2. The Bertz CT molecular complexity index is 1310. The molecule has 0 spiro atoms. The smallest absolute Gasteiger partial charge is 0.487 e. The highest BCUT2D eigenvalue weighted by Crippen LogP contribution is 2.37. The van der Waals surface area contributed by atoms with E-state index in [0.717, 1.165) is 5.56 Å². The summed E-state index contributed by atoms with van der Waals surface area (Å²) < 4.78 is 47.9. The largest absolute Gasteiger partial charge is 0.573 e. The minimum Gasteiger partial charge on any atom is -0.487 e.